The maximum Gasteiger partial charge on any atom is 0.220 e. The molecule has 0 saturated carbocycles. The van der Waals surface area contributed by atoms with Crippen molar-refractivity contribution < 1.29 is 14.6 Å². The van der Waals surface area contributed by atoms with Crippen molar-refractivity contribution in [2.24, 2.45) is 0 Å². The van der Waals surface area contributed by atoms with Crippen LogP contribution < -0.4 is 10.1 Å². The summed E-state index contributed by atoms with van der Waals surface area (Å²) in [7, 11) is 0. The Morgan fingerprint density at radius 3 is 2.52 bits per heavy atom. The van der Waals surface area contributed by atoms with Gasteiger partial charge in [0.25, 0.3) is 0 Å². The molecule has 0 fully saturated rings. The quantitative estimate of drug-likeness (QED) is 0.787. The Balaban J connectivity index is 1.84. The predicted molar refractivity (Wildman–Crippen MR) is 90.4 cm³/mol. The molecule has 2 rings (SSSR count). The van der Waals surface area contributed by atoms with Gasteiger partial charge in [-0.15, -0.1) is 0 Å². The Labute approximate surface area is 137 Å². The van der Waals surface area contributed by atoms with Gasteiger partial charge in [0.1, 0.15) is 12.4 Å². The van der Waals surface area contributed by atoms with E-state index in [1.165, 1.54) is 11.1 Å². The molecule has 2 N–H and O–H groups in total. The Kier molecular flexibility index (Phi) is 6.63. The Hall–Kier alpha value is -2.33. The number of aryl methyl sites for hydroxylation is 2. The van der Waals surface area contributed by atoms with Gasteiger partial charge in [0.05, 0.1) is 6.61 Å². The molecule has 4 heteroatoms. The molecule has 0 aliphatic heterocycles. The fourth-order valence-electron chi connectivity index (χ4n) is 2.37. The zero-order valence-electron chi connectivity index (χ0n) is 13.4. The van der Waals surface area contributed by atoms with Crippen LogP contribution in [0.3, 0.4) is 0 Å². The molecule has 0 atom stereocenters. The predicted octanol–water partition coefficient (Wildman–Crippen LogP) is 2.62. The molecule has 2 aromatic carbocycles. The smallest absolute Gasteiger partial charge is 0.220 e. The molecule has 0 unspecified atom stereocenters. The van der Waals surface area contributed by atoms with Crippen LogP contribution in [-0.2, 0) is 17.8 Å². The summed E-state index contributed by atoms with van der Waals surface area (Å²) in [6, 6.07) is 15.6. The van der Waals surface area contributed by atoms with E-state index in [1.54, 1.807) is 0 Å². The first-order chi connectivity index (χ1) is 11.2. The first-order valence-electron chi connectivity index (χ1n) is 7.83. The largest absolute Gasteiger partial charge is 0.491 e. The van der Waals surface area contributed by atoms with Crippen LogP contribution in [-0.4, -0.2) is 24.2 Å². The van der Waals surface area contributed by atoms with E-state index in [9.17, 15) is 4.79 Å². The second-order valence-corrected chi connectivity index (χ2v) is 5.38. The monoisotopic (exact) mass is 313 g/mol. The van der Waals surface area contributed by atoms with E-state index in [0.29, 0.717) is 18.7 Å². The van der Waals surface area contributed by atoms with Crippen LogP contribution in [0.4, 0.5) is 0 Å². The normalized spacial score (nSPS) is 10.3. The molecule has 4 nitrogen and oxygen atoms in total. The lowest BCUT2D eigenvalue weighted by molar-refractivity contribution is -0.121. The van der Waals surface area contributed by atoms with Gasteiger partial charge < -0.3 is 15.2 Å². The van der Waals surface area contributed by atoms with Gasteiger partial charge in [0, 0.05) is 18.5 Å². The standard InChI is InChI=1S/C19H23NO3/c1-15-6-2-3-7-16(15)10-11-19(22)20-14-17-8-4-5-9-18(17)23-13-12-21/h2-9,21H,10-14H2,1H3,(H,20,22). The van der Waals surface area contributed by atoms with Crippen molar-refractivity contribution in [1.82, 2.24) is 5.32 Å². The third kappa shape index (κ3) is 5.42. The van der Waals surface area contributed by atoms with Gasteiger partial charge in [-0.3, -0.25) is 4.79 Å². The molecule has 2 aromatic rings. The van der Waals surface area contributed by atoms with Gasteiger partial charge in [0.15, 0.2) is 0 Å². The number of hydrogen-bond donors (Lipinski definition) is 2. The Bertz CT molecular complexity index is 640. The van der Waals surface area contributed by atoms with Gasteiger partial charge >= 0.3 is 0 Å². The molecule has 23 heavy (non-hydrogen) atoms. The molecule has 1 amide bonds. The second-order valence-electron chi connectivity index (χ2n) is 5.38. The highest BCUT2D eigenvalue weighted by atomic mass is 16.5. The molecule has 122 valence electrons. The molecule has 0 aliphatic carbocycles. The number of ether oxygens (including phenoxy) is 1. The first kappa shape index (κ1) is 17.0. The van der Waals surface area contributed by atoms with Crippen LogP contribution in [0.1, 0.15) is 23.1 Å². The van der Waals surface area contributed by atoms with E-state index in [1.807, 2.05) is 36.4 Å². The SMILES string of the molecule is Cc1ccccc1CCC(=O)NCc1ccccc1OCCO. The highest BCUT2D eigenvalue weighted by Crippen LogP contribution is 2.17. The van der Waals surface area contributed by atoms with Crippen LogP contribution in [0, 0.1) is 6.92 Å². The maximum absolute atomic E-state index is 12.0. The summed E-state index contributed by atoms with van der Waals surface area (Å²) in [5, 5.41) is 11.8. The summed E-state index contributed by atoms with van der Waals surface area (Å²) in [5.41, 5.74) is 3.32. The van der Waals surface area contributed by atoms with Gasteiger partial charge in [0.2, 0.25) is 5.91 Å². The number of hydrogen-bond acceptors (Lipinski definition) is 3. The van der Waals surface area contributed by atoms with Crippen molar-refractivity contribution in [1.29, 1.82) is 0 Å². The van der Waals surface area contributed by atoms with Gasteiger partial charge in [-0.05, 0) is 30.5 Å². The third-order valence-electron chi connectivity index (χ3n) is 3.68. The topological polar surface area (TPSA) is 58.6 Å². The van der Waals surface area contributed by atoms with E-state index in [2.05, 4.69) is 24.4 Å². The summed E-state index contributed by atoms with van der Waals surface area (Å²) >= 11 is 0. The van der Waals surface area contributed by atoms with Crippen LogP contribution in [0.2, 0.25) is 0 Å². The maximum atomic E-state index is 12.0. The molecular weight excluding hydrogens is 290 g/mol. The minimum absolute atomic E-state index is 0.0187. The number of aliphatic hydroxyl groups is 1. The van der Waals surface area contributed by atoms with Crippen molar-refractivity contribution in [3.63, 3.8) is 0 Å². The summed E-state index contributed by atoms with van der Waals surface area (Å²) in [6.45, 7) is 2.70. The lowest BCUT2D eigenvalue weighted by atomic mass is 10.0. The fourth-order valence-corrected chi connectivity index (χ4v) is 2.37. The molecule has 0 radical (unpaired) electrons. The molecule has 0 heterocycles. The zero-order chi connectivity index (χ0) is 16.5. The molecule has 0 saturated heterocycles. The van der Waals surface area contributed by atoms with Crippen LogP contribution in [0.25, 0.3) is 0 Å². The van der Waals surface area contributed by atoms with E-state index >= 15 is 0 Å². The average molecular weight is 313 g/mol. The third-order valence-corrected chi connectivity index (χ3v) is 3.68. The summed E-state index contributed by atoms with van der Waals surface area (Å²) in [5.74, 6) is 0.714. The van der Waals surface area contributed by atoms with E-state index in [4.69, 9.17) is 9.84 Å². The van der Waals surface area contributed by atoms with E-state index in [0.717, 1.165) is 12.0 Å². The number of aliphatic hydroxyl groups excluding tert-OH is 1. The lowest BCUT2D eigenvalue weighted by Gasteiger charge is -2.11. The molecule has 0 bridgehead atoms. The number of amides is 1. The summed E-state index contributed by atoms with van der Waals surface area (Å²) < 4.78 is 5.46. The number of carbonyl (C=O) groups excluding carboxylic acids is 1. The van der Waals surface area contributed by atoms with Gasteiger partial charge in [-0.2, -0.15) is 0 Å². The molecular formula is C19H23NO3. The van der Waals surface area contributed by atoms with Crippen molar-refractivity contribution in [3.05, 3.63) is 65.2 Å². The molecule has 0 aromatic heterocycles. The van der Waals surface area contributed by atoms with E-state index < -0.39 is 0 Å². The minimum atomic E-state index is -0.0306. The van der Waals surface area contributed by atoms with Crippen molar-refractivity contribution in [2.75, 3.05) is 13.2 Å². The van der Waals surface area contributed by atoms with Crippen molar-refractivity contribution in [3.8, 4) is 5.75 Å². The van der Waals surface area contributed by atoms with Crippen molar-refractivity contribution in [2.45, 2.75) is 26.3 Å². The second kappa shape index (κ2) is 8.96. The number of carbonyl (C=O) groups is 1. The number of nitrogens with one attached hydrogen (secondary N) is 1. The first-order valence-corrected chi connectivity index (χ1v) is 7.83. The number of para-hydroxylation sites is 1. The number of benzene rings is 2. The highest BCUT2D eigenvalue weighted by Gasteiger charge is 2.07. The van der Waals surface area contributed by atoms with Crippen LogP contribution >= 0.6 is 0 Å². The minimum Gasteiger partial charge on any atom is -0.491 e. The fraction of sp³-hybridized carbons (Fsp3) is 0.316. The van der Waals surface area contributed by atoms with Crippen molar-refractivity contribution >= 4 is 5.91 Å². The van der Waals surface area contributed by atoms with Gasteiger partial charge in [-0.25, -0.2) is 0 Å². The Morgan fingerprint density at radius 2 is 1.78 bits per heavy atom. The van der Waals surface area contributed by atoms with Gasteiger partial charge in [-0.1, -0.05) is 42.5 Å². The Morgan fingerprint density at radius 1 is 1.09 bits per heavy atom. The van der Waals surface area contributed by atoms with E-state index in [-0.39, 0.29) is 19.1 Å². The average Bonchev–Trinajstić information content (AvgIpc) is 2.58. The zero-order valence-corrected chi connectivity index (χ0v) is 13.4. The summed E-state index contributed by atoms with van der Waals surface area (Å²) in [6.07, 6.45) is 1.20. The van der Waals surface area contributed by atoms with Crippen LogP contribution in [0.15, 0.2) is 48.5 Å². The van der Waals surface area contributed by atoms with Crippen LogP contribution in [0.5, 0.6) is 5.75 Å². The lowest BCUT2D eigenvalue weighted by Crippen LogP contribution is -2.23. The molecule has 0 spiro atoms. The highest BCUT2D eigenvalue weighted by molar-refractivity contribution is 5.76. The molecule has 0 aliphatic rings. The number of rotatable bonds is 8. The summed E-state index contributed by atoms with van der Waals surface area (Å²) in [4.78, 5) is 12.0.